The SMILES string of the molecule is COc1ccc(CC(=O)Nc2cc(F)ccc2F)cc1. The molecule has 0 aliphatic carbocycles. The summed E-state index contributed by atoms with van der Waals surface area (Å²) in [5.41, 5.74) is 0.587. The second-order valence-corrected chi connectivity index (χ2v) is 4.20. The van der Waals surface area contributed by atoms with E-state index < -0.39 is 17.5 Å². The zero-order valence-electron chi connectivity index (χ0n) is 10.8. The van der Waals surface area contributed by atoms with Gasteiger partial charge in [0.25, 0.3) is 0 Å². The van der Waals surface area contributed by atoms with E-state index in [1.807, 2.05) is 0 Å². The summed E-state index contributed by atoms with van der Waals surface area (Å²) >= 11 is 0. The van der Waals surface area contributed by atoms with Crippen molar-refractivity contribution in [1.29, 1.82) is 0 Å². The van der Waals surface area contributed by atoms with Crippen molar-refractivity contribution >= 4 is 11.6 Å². The number of anilines is 1. The summed E-state index contributed by atoms with van der Waals surface area (Å²) in [5, 5.41) is 2.34. The fraction of sp³-hybridized carbons (Fsp3) is 0.133. The summed E-state index contributed by atoms with van der Waals surface area (Å²) in [4.78, 5) is 11.8. The summed E-state index contributed by atoms with van der Waals surface area (Å²) < 4.78 is 31.4. The number of hydrogen-bond donors (Lipinski definition) is 1. The van der Waals surface area contributed by atoms with Crippen LogP contribution in [0.15, 0.2) is 42.5 Å². The van der Waals surface area contributed by atoms with E-state index in [-0.39, 0.29) is 12.1 Å². The molecule has 0 atom stereocenters. The predicted molar refractivity (Wildman–Crippen MR) is 71.7 cm³/mol. The Bertz CT molecular complexity index is 612. The maximum absolute atomic E-state index is 13.4. The van der Waals surface area contributed by atoms with Gasteiger partial charge in [0.05, 0.1) is 19.2 Å². The Balaban J connectivity index is 2.03. The molecule has 2 rings (SSSR count). The lowest BCUT2D eigenvalue weighted by Gasteiger charge is -2.07. The van der Waals surface area contributed by atoms with Gasteiger partial charge >= 0.3 is 0 Å². The Morgan fingerprint density at radius 3 is 2.50 bits per heavy atom. The Kier molecular flexibility index (Phi) is 4.30. The van der Waals surface area contributed by atoms with Crippen LogP contribution in [0.3, 0.4) is 0 Å². The van der Waals surface area contributed by atoms with Crippen LogP contribution in [0.5, 0.6) is 5.75 Å². The predicted octanol–water partition coefficient (Wildman–Crippen LogP) is 3.15. The van der Waals surface area contributed by atoms with Gasteiger partial charge in [-0.15, -0.1) is 0 Å². The number of rotatable bonds is 4. The van der Waals surface area contributed by atoms with E-state index in [4.69, 9.17) is 4.74 Å². The van der Waals surface area contributed by atoms with E-state index in [1.165, 1.54) is 0 Å². The van der Waals surface area contributed by atoms with Crippen LogP contribution in [-0.4, -0.2) is 13.0 Å². The standard InChI is InChI=1S/C15H13F2NO2/c1-20-12-5-2-10(3-6-12)8-15(19)18-14-9-11(16)4-7-13(14)17/h2-7,9H,8H2,1H3,(H,18,19). The first-order chi connectivity index (χ1) is 9.58. The summed E-state index contributed by atoms with van der Waals surface area (Å²) in [5.74, 6) is -1.01. The molecule has 0 saturated carbocycles. The summed E-state index contributed by atoms with van der Waals surface area (Å²) in [6, 6.07) is 9.84. The van der Waals surface area contributed by atoms with E-state index in [2.05, 4.69) is 5.32 Å². The van der Waals surface area contributed by atoms with Crippen molar-refractivity contribution in [1.82, 2.24) is 0 Å². The van der Waals surface area contributed by atoms with E-state index in [0.717, 1.165) is 23.8 Å². The van der Waals surface area contributed by atoms with Crippen LogP contribution in [0, 0.1) is 11.6 Å². The van der Waals surface area contributed by atoms with Crippen LogP contribution in [0.1, 0.15) is 5.56 Å². The van der Waals surface area contributed by atoms with Crippen LogP contribution in [0.2, 0.25) is 0 Å². The molecule has 0 spiro atoms. The molecule has 0 aliphatic rings. The zero-order chi connectivity index (χ0) is 14.5. The monoisotopic (exact) mass is 277 g/mol. The molecule has 0 saturated heterocycles. The van der Waals surface area contributed by atoms with Gasteiger partial charge in [0.15, 0.2) is 0 Å². The van der Waals surface area contributed by atoms with Crippen molar-refractivity contribution < 1.29 is 18.3 Å². The van der Waals surface area contributed by atoms with Crippen molar-refractivity contribution in [2.75, 3.05) is 12.4 Å². The first-order valence-corrected chi connectivity index (χ1v) is 5.96. The number of nitrogens with one attached hydrogen (secondary N) is 1. The zero-order valence-corrected chi connectivity index (χ0v) is 10.8. The molecule has 3 nitrogen and oxygen atoms in total. The van der Waals surface area contributed by atoms with Crippen LogP contribution in [0.4, 0.5) is 14.5 Å². The summed E-state index contributed by atoms with van der Waals surface area (Å²) in [6.07, 6.45) is 0.0694. The number of hydrogen-bond acceptors (Lipinski definition) is 2. The molecule has 1 N–H and O–H groups in total. The van der Waals surface area contributed by atoms with Crippen molar-refractivity contribution in [3.05, 3.63) is 59.7 Å². The first-order valence-electron chi connectivity index (χ1n) is 5.96. The number of halogens is 2. The molecule has 0 aromatic heterocycles. The molecule has 2 aromatic carbocycles. The van der Waals surface area contributed by atoms with Crippen molar-refractivity contribution in [3.63, 3.8) is 0 Å². The second kappa shape index (κ2) is 6.14. The third kappa shape index (κ3) is 3.54. The second-order valence-electron chi connectivity index (χ2n) is 4.20. The van der Waals surface area contributed by atoms with Crippen molar-refractivity contribution in [2.45, 2.75) is 6.42 Å². The molecule has 104 valence electrons. The molecule has 0 fully saturated rings. The topological polar surface area (TPSA) is 38.3 Å². The third-order valence-electron chi connectivity index (χ3n) is 2.73. The maximum atomic E-state index is 13.4. The van der Waals surface area contributed by atoms with Gasteiger partial charge in [-0.3, -0.25) is 4.79 Å². The third-order valence-corrected chi connectivity index (χ3v) is 2.73. The minimum absolute atomic E-state index is 0.0694. The Hall–Kier alpha value is -2.43. The van der Waals surface area contributed by atoms with E-state index >= 15 is 0 Å². The van der Waals surface area contributed by atoms with Gasteiger partial charge < -0.3 is 10.1 Å². The lowest BCUT2D eigenvalue weighted by molar-refractivity contribution is -0.115. The average molecular weight is 277 g/mol. The van der Waals surface area contributed by atoms with Gasteiger partial charge in [-0.05, 0) is 29.8 Å². The van der Waals surface area contributed by atoms with Crippen molar-refractivity contribution in [2.24, 2.45) is 0 Å². The van der Waals surface area contributed by atoms with Gasteiger partial charge in [0.2, 0.25) is 5.91 Å². The molecule has 20 heavy (non-hydrogen) atoms. The minimum Gasteiger partial charge on any atom is -0.497 e. The quantitative estimate of drug-likeness (QED) is 0.932. The smallest absolute Gasteiger partial charge is 0.228 e. The number of amides is 1. The Labute approximate surface area is 115 Å². The molecule has 0 unspecified atom stereocenters. The summed E-state index contributed by atoms with van der Waals surface area (Å²) in [6.45, 7) is 0. The largest absolute Gasteiger partial charge is 0.497 e. The lowest BCUT2D eigenvalue weighted by Crippen LogP contribution is -2.15. The number of methoxy groups -OCH3 is 1. The number of ether oxygens (including phenoxy) is 1. The minimum atomic E-state index is -0.672. The molecule has 2 aromatic rings. The van der Waals surface area contributed by atoms with E-state index in [9.17, 15) is 13.6 Å². The fourth-order valence-corrected chi connectivity index (χ4v) is 1.72. The molecule has 0 bridgehead atoms. The fourth-order valence-electron chi connectivity index (χ4n) is 1.72. The number of carbonyl (C=O) groups excluding carboxylic acids is 1. The Morgan fingerprint density at radius 2 is 1.85 bits per heavy atom. The average Bonchev–Trinajstić information content (AvgIpc) is 2.43. The van der Waals surface area contributed by atoms with Crippen molar-refractivity contribution in [3.8, 4) is 5.75 Å². The number of carbonyl (C=O) groups is 1. The van der Waals surface area contributed by atoms with E-state index in [1.54, 1.807) is 31.4 Å². The highest BCUT2D eigenvalue weighted by Crippen LogP contribution is 2.16. The van der Waals surface area contributed by atoms with Gasteiger partial charge in [-0.2, -0.15) is 0 Å². The molecule has 1 amide bonds. The molecular weight excluding hydrogens is 264 g/mol. The first kappa shape index (κ1) is 14.0. The number of benzene rings is 2. The van der Waals surface area contributed by atoms with Crippen LogP contribution in [0.25, 0.3) is 0 Å². The van der Waals surface area contributed by atoms with Gasteiger partial charge in [-0.25, -0.2) is 8.78 Å². The van der Waals surface area contributed by atoms with Crippen LogP contribution in [-0.2, 0) is 11.2 Å². The van der Waals surface area contributed by atoms with Gasteiger partial charge in [-0.1, -0.05) is 12.1 Å². The summed E-state index contributed by atoms with van der Waals surface area (Å²) in [7, 11) is 1.55. The molecule has 5 heteroatoms. The highest BCUT2D eigenvalue weighted by Gasteiger charge is 2.09. The maximum Gasteiger partial charge on any atom is 0.228 e. The normalized spacial score (nSPS) is 10.2. The molecule has 0 radical (unpaired) electrons. The van der Waals surface area contributed by atoms with Gasteiger partial charge in [0, 0.05) is 6.07 Å². The van der Waals surface area contributed by atoms with Crippen LogP contribution >= 0.6 is 0 Å². The van der Waals surface area contributed by atoms with Crippen LogP contribution < -0.4 is 10.1 Å². The highest BCUT2D eigenvalue weighted by molar-refractivity contribution is 5.92. The van der Waals surface area contributed by atoms with Gasteiger partial charge in [0.1, 0.15) is 17.4 Å². The highest BCUT2D eigenvalue weighted by atomic mass is 19.1. The molecule has 0 heterocycles. The lowest BCUT2D eigenvalue weighted by atomic mass is 10.1. The molecular formula is C15H13F2NO2. The molecule has 0 aliphatic heterocycles. The Morgan fingerprint density at radius 1 is 1.15 bits per heavy atom. The van der Waals surface area contributed by atoms with E-state index in [0.29, 0.717) is 5.75 Å².